The van der Waals surface area contributed by atoms with Crippen molar-refractivity contribution >= 4 is 50.7 Å². The van der Waals surface area contributed by atoms with Crippen molar-refractivity contribution in [1.29, 1.82) is 0 Å². The molecule has 0 saturated carbocycles. The minimum atomic E-state index is -0.437. The van der Waals surface area contributed by atoms with E-state index in [9.17, 15) is 10.1 Å². The zero-order valence-electron chi connectivity index (χ0n) is 8.74. The van der Waals surface area contributed by atoms with Crippen LogP contribution in [0.5, 0.6) is 0 Å². The highest BCUT2D eigenvalue weighted by atomic mass is 35.5. The van der Waals surface area contributed by atoms with Crippen LogP contribution < -0.4 is 0 Å². The Hall–Kier alpha value is -1.10. The Morgan fingerprint density at radius 2 is 2.18 bits per heavy atom. The number of nitro groups is 1. The maximum atomic E-state index is 10.6. The standard InChI is InChI=1S/C11H7Cl2NO2S/c1-6(14(15)16)4-10-11(13)8-5-7(12)2-3-9(8)17-10/h2-5H,1H3/b6-4+. The van der Waals surface area contributed by atoms with Crippen LogP contribution in [0.15, 0.2) is 23.9 Å². The molecule has 0 aliphatic heterocycles. The van der Waals surface area contributed by atoms with Crippen molar-refractivity contribution in [3.63, 3.8) is 0 Å². The molecule has 0 amide bonds. The van der Waals surface area contributed by atoms with E-state index >= 15 is 0 Å². The monoisotopic (exact) mass is 287 g/mol. The number of allylic oxidation sites excluding steroid dienone is 1. The molecule has 3 nitrogen and oxygen atoms in total. The van der Waals surface area contributed by atoms with Crippen molar-refractivity contribution in [3.8, 4) is 0 Å². The van der Waals surface area contributed by atoms with Gasteiger partial charge in [-0.1, -0.05) is 23.2 Å². The smallest absolute Gasteiger partial charge is 0.244 e. The zero-order valence-corrected chi connectivity index (χ0v) is 11.1. The third-order valence-electron chi connectivity index (χ3n) is 2.24. The van der Waals surface area contributed by atoms with Gasteiger partial charge in [-0.15, -0.1) is 11.3 Å². The Labute approximate surface area is 111 Å². The summed E-state index contributed by atoms with van der Waals surface area (Å²) in [6, 6.07) is 5.38. The van der Waals surface area contributed by atoms with Gasteiger partial charge in [0.1, 0.15) is 0 Å². The molecule has 1 aromatic heterocycles. The molecule has 1 heterocycles. The molecule has 0 N–H and O–H groups in total. The van der Waals surface area contributed by atoms with Gasteiger partial charge in [-0.25, -0.2) is 0 Å². The number of thiophene rings is 1. The van der Waals surface area contributed by atoms with Crippen LogP contribution in [0.1, 0.15) is 11.8 Å². The van der Waals surface area contributed by atoms with Gasteiger partial charge in [0.15, 0.2) is 0 Å². The summed E-state index contributed by atoms with van der Waals surface area (Å²) >= 11 is 13.4. The van der Waals surface area contributed by atoms with E-state index in [0.29, 0.717) is 14.9 Å². The molecule has 1 aromatic carbocycles. The number of hydrogen-bond acceptors (Lipinski definition) is 3. The summed E-state index contributed by atoms with van der Waals surface area (Å²) < 4.78 is 0.960. The lowest BCUT2D eigenvalue weighted by Gasteiger charge is -1.91. The highest BCUT2D eigenvalue weighted by Gasteiger charge is 2.11. The third-order valence-corrected chi connectivity index (χ3v) is 4.11. The van der Waals surface area contributed by atoms with Crippen molar-refractivity contribution in [2.75, 3.05) is 0 Å². The molecular formula is C11H7Cl2NO2S. The minimum absolute atomic E-state index is 0.0598. The van der Waals surface area contributed by atoms with Gasteiger partial charge in [0, 0.05) is 28.1 Å². The second-order valence-electron chi connectivity index (χ2n) is 3.46. The van der Waals surface area contributed by atoms with Crippen LogP contribution in [-0.2, 0) is 0 Å². The van der Waals surface area contributed by atoms with Gasteiger partial charge in [0.25, 0.3) is 0 Å². The molecule has 2 aromatic rings. The van der Waals surface area contributed by atoms with E-state index in [4.69, 9.17) is 23.2 Å². The molecule has 0 bridgehead atoms. The van der Waals surface area contributed by atoms with Crippen molar-refractivity contribution in [1.82, 2.24) is 0 Å². The summed E-state index contributed by atoms with van der Waals surface area (Å²) in [4.78, 5) is 10.8. The van der Waals surface area contributed by atoms with Gasteiger partial charge in [-0.05, 0) is 18.2 Å². The van der Waals surface area contributed by atoms with Crippen molar-refractivity contribution in [2.24, 2.45) is 0 Å². The quantitative estimate of drug-likeness (QED) is 0.586. The Morgan fingerprint density at radius 3 is 2.82 bits per heavy atom. The van der Waals surface area contributed by atoms with Crippen LogP contribution in [0.25, 0.3) is 16.2 Å². The molecule has 0 fully saturated rings. The number of rotatable bonds is 2. The summed E-state index contributed by atoms with van der Waals surface area (Å²) in [5.74, 6) is 0. The van der Waals surface area contributed by atoms with Crippen molar-refractivity contribution in [3.05, 3.63) is 48.9 Å². The average molecular weight is 288 g/mol. The molecule has 88 valence electrons. The van der Waals surface area contributed by atoms with Gasteiger partial charge in [0.05, 0.1) is 14.8 Å². The second kappa shape index (κ2) is 4.64. The first kappa shape index (κ1) is 12.4. The highest BCUT2D eigenvalue weighted by molar-refractivity contribution is 7.20. The molecule has 0 spiro atoms. The third kappa shape index (κ3) is 2.44. The second-order valence-corrected chi connectivity index (χ2v) is 5.36. The SMILES string of the molecule is C/C(=C\c1sc2ccc(Cl)cc2c1Cl)[N+](=O)[O-]. The van der Waals surface area contributed by atoms with E-state index < -0.39 is 4.92 Å². The predicted molar refractivity (Wildman–Crippen MR) is 72.5 cm³/mol. The molecule has 2 rings (SSSR count). The van der Waals surface area contributed by atoms with Crippen LogP contribution in [0.2, 0.25) is 10.0 Å². The topological polar surface area (TPSA) is 43.1 Å². The predicted octanol–water partition coefficient (Wildman–Crippen LogP) is 4.85. The van der Waals surface area contributed by atoms with Gasteiger partial charge < -0.3 is 0 Å². The Morgan fingerprint density at radius 1 is 1.47 bits per heavy atom. The first-order chi connectivity index (χ1) is 7.99. The van der Waals surface area contributed by atoms with Gasteiger partial charge in [0.2, 0.25) is 5.70 Å². The van der Waals surface area contributed by atoms with Crippen LogP contribution >= 0.6 is 34.5 Å². The van der Waals surface area contributed by atoms with Gasteiger partial charge >= 0.3 is 0 Å². The van der Waals surface area contributed by atoms with Crippen molar-refractivity contribution in [2.45, 2.75) is 6.92 Å². The number of benzene rings is 1. The number of fused-ring (bicyclic) bond motifs is 1. The first-order valence-electron chi connectivity index (χ1n) is 4.69. The van der Waals surface area contributed by atoms with E-state index in [0.717, 1.165) is 10.1 Å². The summed E-state index contributed by atoms with van der Waals surface area (Å²) in [6.07, 6.45) is 1.47. The fourth-order valence-electron chi connectivity index (χ4n) is 1.39. The van der Waals surface area contributed by atoms with E-state index in [1.807, 2.05) is 6.07 Å². The number of hydrogen-bond donors (Lipinski definition) is 0. The Bertz CT molecular complexity index is 634. The molecular weight excluding hydrogens is 281 g/mol. The molecule has 0 aliphatic carbocycles. The van der Waals surface area contributed by atoms with Gasteiger partial charge in [-0.2, -0.15) is 0 Å². The molecule has 17 heavy (non-hydrogen) atoms. The molecule has 0 unspecified atom stereocenters. The first-order valence-corrected chi connectivity index (χ1v) is 6.26. The molecule has 6 heteroatoms. The van der Waals surface area contributed by atoms with Gasteiger partial charge in [-0.3, -0.25) is 10.1 Å². The largest absolute Gasteiger partial charge is 0.259 e. The summed E-state index contributed by atoms with van der Waals surface area (Å²) in [6.45, 7) is 1.44. The summed E-state index contributed by atoms with van der Waals surface area (Å²) in [5.41, 5.74) is 0.0598. The Balaban J connectivity index is 2.61. The van der Waals surface area contributed by atoms with Crippen molar-refractivity contribution < 1.29 is 4.92 Å². The fourth-order valence-corrected chi connectivity index (χ4v) is 3.02. The number of nitrogens with zero attached hydrogens (tertiary/aromatic N) is 1. The van der Waals surface area contributed by atoms with Crippen LogP contribution in [0, 0.1) is 10.1 Å². The van der Waals surface area contributed by atoms with E-state index in [1.165, 1.54) is 24.3 Å². The maximum Gasteiger partial charge on any atom is 0.244 e. The zero-order chi connectivity index (χ0) is 12.6. The normalized spacial score (nSPS) is 12.1. The molecule has 0 radical (unpaired) electrons. The molecule has 0 aliphatic rings. The summed E-state index contributed by atoms with van der Waals surface area (Å²) in [5, 5.41) is 12.5. The maximum absolute atomic E-state index is 10.6. The Kier molecular flexibility index (Phi) is 3.38. The van der Waals surface area contributed by atoms with E-state index in [-0.39, 0.29) is 5.70 Å². The molecule has 0 saturated heterocycles. The van der Waals surface area contributed by atoms with Crippen LogP contribution in [-0.4, -0.2) is 4.92 Å². The highest BCUT2D eigenvalue weighted by Crippen LogP contribution is 2.37. The fraction of sp³-hybridized carbons (Fsp3) is 0.0909. The van der Waals surface area contributed by atoms with Crippen LogP contribution in [0.4, 0.5) is 0 Å². The molecule has 0 atom stereocenters. The van der Waals surface area contributed by atoms with Crippen LogP contribution in [0.3, 0.4) is 0 Å². The van der Waals surface area contributed by atoms with E-state index in [2.05, 4.69) is 0 Å². The lowest BCUT2D eigenvalue weighted by atomic mass is 10.2. The van der Waals surface area contributed by atoms with E-state index in [1.54, 1.807) is 12.1 Å². The summed E-state index contributed by atoms with van der Waals surface area (Å²) in [7, 11) is 0. The lowest BCUT2D eigenvalue weighted by molar-refractivity contribution is -0.422. The average Bonchev–Trinajstić information content (AvgIpc) is 2.56. The number of halogens is 2. The minimum Gasteiger partial charge on any atom is -0.259 e. The lowest BCUT2D eigenvalue weighted by Crippen LogP contribution is -1.92.